The molecule has 0 aromatic carbocycles. The Morgan fingerprint density at radius 2 is 1.85 bits per heavy atom. The lowest BCUT2D eigenvalue weighted by Crippen LogP contribution is -2.32. The predicted octanol–water partition coefficient (Wildman–Crippen LogP) is 2.25. The first-order chi connectivity index (χ1) is 9.43. The molecule has 1 rings (SSSR count). The molecule has 20 heavy (non-hydrogen) atoms. The summed E-state index contributed by atoms with van der Waals surface area (Å²) in [6.45, 7) is 4.86. The summed E-state index contributed by atoms with van der Waals surface area (Å²) in [7, 11) is -5.40. The van der Waals surface area contributed by atoms with E-state index in [4.69, 9.17) is 8.37 Å². The smallest absolute Gasteiger partial charge is 0.276 e. The second kappa shape index (κ2) is 8.36. The van der Waals surface area contributed by atoms with Crippen LogP contribution in [0.4, 0.5) is 0 Å². The molecule has 5 nitrogen and oxygen atoms in total. The molecule has 0 aromatic heterocycles. The van der Waals surface area contributed by atoms with Gasteiger partial charge in [-0.15, -0.1) is 10.3 Å². The van der Waals surface area contributed by atoms with Crippen molar-refractivity contribution in [1.29, 1.82) is 0 Å². The number of hydrogen-bond donors (Lipinski definition) is 0. The number of Topliss-reactive ketones (excluding diaryl/α,β-unsaturated/α-hetero) is 1. The topological polar surface area (TPSA) is 69.7 Å². The summed E-state index contributed by atoms with van der Waals surface area (Å²) in [5.74, 6) is 1.51. The van der Waals surface area contributed by atoms with Gasteiger partial charge in [0.05, 0.1) is 24.7 Å². The van der Waals surface area contributed by atoms with Crippen LogP contribution in [0.3, 0.4) is 0 Å². The summed E-state index contributed by atoms with van der Waals surface area (Å²) < 4.78 is 34.9. The van der Waals surface area contributed by atoms with Crippen molar-refractivity contribution in [2.45, 2.75) is 39.5 Å². The number of ketones is 1. The molecule has 0 radical (unpaired) electrons. The van der Waals surface area contributed by atoms with Gasteiger partial charge < -0.3 is 4.74 Å². The van der Waals surface area contributed by atoms with Crippen molar-refractivity contribution in [3.63, 3.8) is 0 Å². The standard InChI is InChI=1S/C13H26O5S2/c1-3-5-9-20(15,16)18-19(10-7-17-8-11-19)12-13(14)6-4-2/h3-12H2,1-2H3. The zero-order valence-corrected chi connectivity index (χ0v) is 14.1. The fraction of sp³-hybridized carbons (Fsp3) is 0.923. The van der Waals surface area contributed by atoms with Gasteiger partial charge in [0.1, 0.15) is 5.78 Å². The monoisotopic (exact) mass is 326 g/mol. The van der Waals surface area contributed by atoms with Crippen LogP contribution in [0.1, 0.15) is 39.5 Å². The Hall–Kier alpha value is -0.110. The number of carbonyl (C=O) groups excluding carboxylic acids is 1. The number of rotatable bonds is 9. The third kappa shape index (κ3) is 6.11. The van der Waals surface area contributed by atoms with Crippen molar-refractivity contribution in [1.82, 2.24) is 0 Å². The minimum atomic E-state index is -3.53. The Kier molecular flexibility index (Phi) is 7.50. The molecule has 0 aromatic rings. The quantitative estimate of drug-likeness (QED) is 0.650. The van der Waals surface area contributed by atoms with Crippen molar-refractivity contribution in [3.05, 3.63) is 0 Å². The molecular formula is C13H26O5S2. The van der Waals surface area contributed by atoms with Crippen LogP contribution in [0, 0.1) is 0 Å². The minimum Gasteiger partial charge on any atom is -0.380 e. The van der Waals surface area contributed by atoms with Crippen LogP contribution in [0.15, 0.2) is 0 Å². The average molecular weight is 326 g/mol. The van der Waals surface area contributed by atoms with E-state index in [0.29, 0.717) is 37.6 Å². The second-order valence-corrected chi connectivity index (χ2v) is 10.2. The first-order valence-corrected chi connectivity index (χ1v) is 10.9. The van der Waals surface area contributed by atoms with E-state index in [1.807, 2.05) is 13.8 Å². The van der Waals surface area contributed by atoms with Gasteiger partial charge in [0.15, 0.2) is 0 Å². The molecule has 0 atom stereocenters. The SMILES string of the molecule is CCCCS(=O)(=O)OS1(CC(=O)CCC)CCOCC1. The van der Waals surface area contributed by atoms with E-state index in [2.05, 4.69) is 0 Å². The molecule has 0 saturated carbocycles. The highest BCUT2D eigenvalue weighted by molar-refractivity contribution is 8.33. The summed E-state index contributed by atoms with van der Waals surface area (Å²) in [6, 6.07) is 0. The first-order valence-electron chi connectivity index (χ1n) is 7.22. The lowest BCUT2D eigenvalue weighted by Gasteiger charge is -2.40. The molecule has 1 heterocycles. The fourth-order valence-corrected chi connectivity index (χ4v) is 7.56. The van der Waals surface area contributed by atoms with Crippen LogP contribution in [-0.4, -0.2) is 50.4 Å². The molecule has 0 N–H and O–H groups in total. The van der Waals surface area contributed by atoms with E-state index in [1.54, 1.807) is 0 Å². The lowest BCUT2D eigenvalue weighted by molar-refractivity contribution is -0.116. The highest BCUT2D eigenvalue weighted by atomic mass is 32.3. The predicted molar refractivity (Wildman–Crippen MR) is 82.7 cm³/mol. The van der Waals surface area contributed by atoms with Gasteiger partial charge in [-0.25, -0.2) is 3.63 Å². The van der Waals surface area contributed by atoms with Crippen LogP contribution in [0.5, 0.6) is 0 Å². The van der Waals surface area contributed by atoms with E-state index >= 15 is 0 Å². The first kappa shape index (κ1) is 17.9. The van der Waals surface area contributed by atoms with Crippen molar-refractivity contribution in [2.75, 3.05) is 36.2 Å². The highest BCUT2D eigenvalue weighted by Crippen LogP contribution is 2.52. The third-order valence-electron chi connectivity index (χ3n) is 3.15. The minimum absolute atomic E-state index is 0.0427. The number of unbranched alkanes of at least 4 members (excludes halogenated alkanes) is 1. The van der Waals surface area contributed by atoms with Gasteiger partial charge in [-0.3, -0.25) is 4.79 Å². The highest BCUT2D eigenvalue weighted by Gasteiger charge is 2.35. The van der Waals surface area contributed by atoms with Crippen LogP contribution in [-0.2, 0) is 23.3 Å². The van der Waals surface area contributed by atoms with Gasteiger partial charge in [-0.1, -0.05) is 20.3 Å². The normalized spacial score (nSPS) is 20.5. The largest absolute Gasteiger partial charge is 0.380 e. The van der Waals surface area contributed by atoms with E-state index in [1.165, 1.54) is 0 Å². The Labute approximate surface area is 124 Å². The second-order valence-electron chi connectivity index (χ2n) is 5.10. The lowest BCUT2D eigenvalue weighted by atomic mass is 10.3. The maximum absolute atomic E-state index is 12.0. The number of hydrogen-bond acceptors (Lipinski definition) is 5. The fourth-order valence-electron chi connectivity index (χ4n) is 2.08. The number of ether oxygens (including phenoxy) is 1. The third-order valence-corrected chi connectivity index (χ3v) is 8.59. The molecule has 0 aliphatic carbocycles. The van der Waals surface area contributed by atoms with Crippen molar-refractivity contribution < 1.29 is 21.6 Å². The molecule has 0 spiro atoms. The van der Waals surface area contributed by atoms with Crippen LogP contribution in [0.25, 0.3) is 0 Å². The summed E-state index contributed by atoms with van der Waals surface area (Å²) in [5, 5.41) is 0. The Balaban J connectivity index is 2.75. The molecule has 1 aliphatic rings. The Morgan fingerprint density at radius 3 is 2.40 bits per heavy atom. The van der Waals surface area contributed by atoms with Gasteiger partial charge in [-0.05, 0) is 12.8 Å². The van der Waals surface area contributed by atoms with Gasteiger partial charge in [0, 0.05) is 17.9 Å². The molecule has 1 aliphatic heterocycles. The van der Waals surface area contributed by atoms with Crippen LogP contribution >= 0.6 is 10.3 Å². The molecule has 7 heteroatoms. The van der Waals surface area contributed by atoms with Gasteiger partial charge >= 0.3 is 0 Å². The molecule has 0 unspecified atom stereocenters. The van der Waals surface area contributed by atoms with Crippen LogP contribution in [0.2, 0.25) is 0 Å². The van der Waals surface area contributed by atoms with E-state index < -0.39 is 20.4 Å². The summed E-state index contributed by atoms with van der Waals surface area (Å²) in [5.41, 5.74) is 0. The van der Waals surface area contributed by atoms with E-state index in [-0.39, 0.29) is 17.3 Å². The van der Waals surface area contributed by atoms with Gasteiger partial charge in [0.25, 0.3) is 10.1 Å². The zero-order chi connectivity index (χ0) is 15.1. The number of carbonyl (C=O) groups is 1. The van der Waals surface area contributed by atoms with E-state index in [9.17, 15) is 13.2 Å². The summed E-state index contributed by atoms with van der Waals surface area (Å²) in [6.07, 6.45) is 2.68. The average Bonchev–Trinajstić information content (AvgIpc) is 2.36. The Bertz CT molecular complexity index is 399. The van der Waals surface area contributed by atoms with Gasteiger partial charge in [-0.2, -0.15) is 8.42 Å². The summed E-state index contributed by atoms with van der Waals surface area (Å²) >= 11 is 0. The van der Waals surface area contributed by atoms with Crippen molar-refractivity contribution in [2.24, 2.45) is 0 Å². The van der Waals surface area contributed by atoms with Gasteiger partial charge in [0.2, 0.25) is 0 Å². The molecule has 1 saturated heterocycles. The maximum Gasteiger partial charge on any atom is 0.276 e. The molecule has 0 amide bonds. The maximum atomic E-state index is 12.0. The molecule has 0 bridgehead atoms. The Morgan fingerprint density at radius 1 is 1.20 bits per heavy atom. The molecular weight excluding hydrogens is 300 g/mol. The van der Waals surface area contributed by atoms with Crippen LogP contribution < -0.4 is 0 Å². The molecule has 120 valence electrons. The summed E-state index contributed by atoms with van der Waals surface area (Å²) in [4.78, 5) is 11.9. The zero-order valence-electron chi connectivity index (χ0n) is 12.4. The van der Waals surface area contributed by atoms with E-state index in [0.717, 1.165) is 12.8 Å². The molecule has 1 fully saturated rings. The van der Waals surface area contributed by atoms with Crippen molar-refractivity contribution >= 4 is 26.2 Å². The van der Waals surface area contributed by atoms with Crippen molar-refractivity contribution in [3.8, 4) is 0 Å².